The molecule has 9 heteroatoms. The number of nitrogens with one attached hydrogen (secondary N) is 1. The largest absolute Gasteiger partial charge is 0.494 e. The summed E-state index contributed by atoms with van der Waals surface area (Å²) in [6, 6.07) is 11.3. The number of fused-ring (bicyclic) bond motifs is 1. The average molecular weight is 374 g/mol. The maximum Gasteiger partial charge on any atom is 0.249 e. The van der Waals surface area contributed by atoms with Crippen LogP contribution in [0.3, 0.4) is 0 Å². The molecule has 2 heterocycles. The summed E-state index contributed by atoms with van der Waals surface area (Å²) in [5, 5.41) is 6.57. The van der Waals surface area contributed by atoms with Gasteiger partial charge in [0.1, 0.15) is 11.5 Å². The van der Waals surface area contributed by atoms with Gasteiger partial charge in [-0.3, -0.25) is 10.1 Å². The van der Waals surface area contributed by atoms with Crippen LogP contribution in [0.5, 0.6) is 5.75 Å². The van der Waals surface area contributed by atoms with Crippen LogP contribution in [0.1, 0.15) is 6.92 Å². The molecular formula is C17H18N4O4S. The minimum atomic E-state index is -3.41. The SMILES string of the molecule is CCOc1cccc(-c2ccc3nc(NC(=O)CS(C)(=O)=O)nn3c2)c1. The number of hydrogen-bond donors (Lipinski definition) is 1. The summed E-state index contributed by atoms with van der Waals surface area (Å²) in [7, 11) is -3.41. The first-order valence-electron chi connectivity index (χ1n) is 7.91. The lowest BCUT2D eigenvalue weighted by atomic mass is 10.1. The topological polar surface area (TPSA) is 103 Å². The molecule has 0 atom stereocenters. The molecule has 2 aromatic heterocycles. The fourth-order valence-electron chi connectivity index (χ4n) is 2.44. The fraction of sp³-hybridized carbons (Fsp3) is 0.235. The zero-order valence-corrected chi connectivity index (χ0v) is 15.2. The van der Waals surface area contributed by atoms with Gasteiger partial charge in [-0.2, -0.15) is 4.98 Å². The van der Waals surface area contributed by atoms with Crippen LogP contribution in [0.4, 0.5) is 5.95 Å². The van der Waals surface area contributed by atoms with E-state index >= 15 is 0 Å². The van der Waals surface area contributed by atoms with Gasteiger partial charge in [0.2, 0.25) is 11.9 Å². The van der Waals surface area contributed by atoms with Gasteiger partial charge in [-0.1, -0.05) is 12.1 Å². The van der Waals surface area contributed by atoms with Crippen LogP contribution in [0.2, 0.25) is 0 Å². The highest BCUT2D eigenvalue weighted by atomic mass is 32.2. The number of amides is 1. The number of carbonyl (C=O) groups excluding carboxylic acids is 1. The van der Waals surface area contributed by atoms with Gasteiger partial charge >= 0.3 is 0 Å². The van der Waals surface area contributed by atoms with Crippen molar-refractivity contribution in [2.24, 2.45) is 0 Å². The lowest BCUT2D eigenvalue weighted by molar-refractivity contribution is -0.113. The van der Waals surface area contributed by atoms with Crippen LogP contribution in [-0.2, 0) is 14.6 Å². The van der Waals surface area contributed by atoms with Crippen molar-refractivity contribution in [3.8, 4) is 16.9 Å². The number of hydrogen-bond acceptors (Lipinski definition) is 6. The Labute approximate surface area is 150 Å². The van der Waals surface area contributed by atoms with Crippen LogP contribution in [0, 0.1) is 0 Å². The normalized spacial score (nSPS) is 11.5. The molecule has 0 radical (unpaired) electrons. The van der Waals surface area contributed by atoms with Crippen molar-refractivity contribution in [2.75, 3.05) is 23.9 Å². The highest BCUT2D eigenvalue weighted by Crippen LogP contribution is 2.24. The van der Waals surface area contributed by atoms with Gasteiger partial charge in [-0.15, -0.1) is 5.10 Å². The molecule has 26 heavy (non-hydrogen) atoms. The summed E-state index contributed by atoms with van der Waals surface area (Å²) in [6.45, 7) is 2.51. The molecule has 3 rings (SSSR count). The molecule has 0 aliphatic carbocycles. The van der Waals surface area contributed by atoms with Gasteiger partial charge in [0.25, 0.3) is 0 Å². The Morgan fingerprint density at radius 1 is 1.23 bits per heavy atom. The molecule has 8 nitrogen and oxygen atoms in total. The van der Waals surface area contributed by atoms with Crippen LogP contribution >= 0.6 is 0 Å². The second-order valence-electron chi connectivity index (χ2n) is 5.74. The zero-order valence-electron chi connectivity index (χ0n) is 14.3. The molecule has 0 spiro atoms. The second-order valence-corrected chi connectivity index (χ2v) is 7.88. The van der Waals surface area contributed by atoms with E-state index < -0.39 is 21.5 Å². The molecule has 1 N–H and O–H groups in total. The van der Waals surface area contributed by atoms with Crippen molar-refractivity contribution < 1.29 is 17.9 Å². The van der Waals surface area contributed by atoms with E-state index in [-0.39, 0.29) is 5.95 Å². The number of pyridine rings is 1. The average Bonchev–Trinajstić information content (AvgIpc) is 2.94. The van der Waals surface area contributed by atoms with Gasteiger partial charge in [-0.05, 0) is 36.8 Å². The summed E-state index contributed by atoms with van der Waals surface area (Å²) in [4.78, 5) is 15.9. The third-order valence-electron chi connectivity index (χ3n) is 3.45. The third-order valence-corrected chi connectivity index (χ3v) is 4.24. The quantitative estimate of drug-likeness (QED) is 0.705. The summed E-state index contributed by atoms with van der Waals surface area (Å²) < 4.78 is 29.4. The Bertz CT molecular complexity index is 1060. The highest BCUT2D eigenvalue weighted by molar-refractivity contribution is 7.91. The van der Waals surface area contributed by atoms with Crippen molar-refractivity contribution in [3.05, 3.63) is 42.6 Å². The maximum absolute atomic E-state index is 11.7. The van der Waals surface area contributed by atoms with Crippen LogP contribution in [-0.4, -0.2) is 47.5 Å². The van der Waals surface area contributed by atoms with Crippen molar-refractivity contribution in [2.45, 2.75) is 6.92 Å². The Morgan fingerprint density at radius 3 is 2.77 bits per heavy atom. The number of sulfone groups is 1. The van der Waals surface area contributed by atoms with E-state index in [2.05, 4.69) is 15.4 Å². The molecular weight excluding hydrogens is 356 g/mol. The number of aromatic nitrogens is 3. The molecule has 0 saturated heterocycles. The monoisotopic (exact) mass is 374 g/mol. The molecule has 0 saturated carbocycles. The molecule has 1 amide bonds. The van der Waals surface area contributed by atoms with E-state index in [0.29, 0.717) is 12.3 Å². The molecule has 0 aliphatic rings. The number of carbonyl (C=O) groups is 1. The molecule has 3 aromatic rings. The lowest BCUT2D eigenvalue weighted by Gasteiger charge is -2.06. The van der Waals surface area contributed by atoms with Crippen LogP contribution in [0.25, 0.3) is 16.8 Å². The second kappa shape index (κ2) is 7.12. The number of ether oxygens (including phenoxy) is 1. The maximum atomic E-state index is 11.7. The predicted molar refractivity (Wildman–Crippen MR) is 97.9 cm³/mol. The molecule has 0 aliphatic heterocycles. The zero-order chi connectivity index (χ0) is 18.7. The fourth-order valence-corrected chi connectivity index (χ4v) is 2.99. The van der Waals surface area contributed by atoms with Crippen molar-refractivity contribution >= 4 is 27.3 Å². The Hall–Kier alpha value is -2.94. The molecule has 1 aromatic carbocycles. The third kappa shape index (κ3) is 4.37. The summed E-state index contributed by atoms with van der Waals surface area (Å²) in [5.74, 6) is -0.456. The Kier molecular flexibility index (Phi) is 4.90. The predicted octanol–water partition coefficient (Wildman–Crippen LogP) is 1.78. The van der Waals surface area contributed by atoms with E-state index in [1.165, 1.54) is 4.52 Å². The van der Waals surface area contributed by atoms with E-state index in [1.807, 2.05) is 37.3 Å². The van der Waals surface area contributed by atoms with Gasteiger partial charge in [0.15, 0.2) is 15.5 Å². The van der Waals surface area contributed by atoms with Crippen molar-refractivity contribution in [1.29, 1.82) is 0 Å². The summed E-state index contributed by atoms with van der Waals surface area (Å²) in [6.07, 6.45) is 2.77. The summed E-state index contributed by atoms with van der Waals surface area (Å²) >= 11 is 0. The van der Waals surface area contributed by atoms with Crippen LogP contribution in [0.15, 0.2) is 42.6 Å². The molecule has 0 unspecified atom stereocenters. The number of benzene rings is 1. The Balaban J connectivity index is 1.85. The van der Waals surface area contributed by atoms with Crippen molar-refractivity contribution in [3.63, 3.8) is 0 Å². The minimum Gasteiger partial charge on any atom is -0.494 e. The van der Waals surface area contributed by atoms with E-state index in [0.717, 1.165) is 23.1 Å². The number of nitrogens with zero attached hydrogens (tertiary/aromatic N) is 3. The Morgan fingerprint density at radius 2 is 2.04 bits per heavy atom. The first-order valence-corrected chi connectivity index (χ1v) is 9.97. The summed E-state index contributed by atoms with van der Waals surface area (Å²) in [5.41, 5.74) is 2.39. The van der Waals surface area contributed by atoms with E-state index in [4.69, 9.17) is 4.74 Å². The number of anilines is 1. The molecule has 0 bridgehead atoms. The minimum absolute atomic E-state index is 0.0545. The first-order chi connectivity index (χ1) is 12.3. The van der Waals surface area contributed by atoms with E-state index in [1.54, 1.807) is 12.3 Å². The molecule has 136 valence electrons. The first kappa shape index (κ1) is 17.9. The van der Waals surface area contributed by atoms with Gasteiger partial charge in [-0.25, -0.2) is 12.9 Å². The highest BCUT2D eigenvalue weighted by Gasteiger charge is 2.14. The van der Waals surface area contributed by atoms with Crippen LogP contribution < -0.4 is 10.1 Å². The standard InChI is InChI=1S/C17H18N4O4S/c1-3-25-14-6-4-5-12(9-14)13-7-8-15-18-17(20-21(15)10-13)19-16(22)11-26(2,23)24/h4-10H,3,11H2,1-2H3,(H,19,20,22). The number of rotatable bonds is 6. The van der Waals surface area contributed by atoms with Gasteiger partial charge < -0.3 is 4.74 Å². The molecule has 0 fully saturated rings. The van der Waals surface area contributed by atoms with Gasteiger partial charge in [0, 0.05) is 18.0 Å². The smallest absolute Gasteiger partial charge is 0.249 e. The van der Waals surface area contributed by atoms with E-state index in [9.17, 15) is 13.2 Å². The van der Waals surface area contributed by atoms with Gasteiger partial charge in [0.05, 0.1) is 6.61 Å². The van der Waals surface area contributed by atoms with Crippen molar-refractivity contribution in [1.82, 2.24) is 14.6 Å². The lowest BCUT2D eigenvalue weighted by Crippen LogP contribution is -2.22.